The molecule has 1 unspecified atom stereocenters. The fourth-order valence-corrected chi connectivity index (χ4v) is 14.0. The van der Waals surface area contributed by atoms with E-state index in [9.17, 15) is 4.79 Å². The van der Waals surface area contributed by atoms with Gasteiger partial charge in [-0.25, -0.2) is 4.79 Å². The largest absolute Gasteiger partial charge is 0.453 e. The lowest BCUT2D eigenvalue weighted by atomic mass is 10.8. The van der Waals surface area contributed by atoms with Crippen molar-refractivity contribution >= 4 is 77.9 Å². The highest BCUT2D eigenvalue weighted by atomic mass is 35.5. The first-order chi connectivity index (χ1) is 6.27. The molecule has 0 saturated carbocycles. The Labute approximate surface area is 101 Å². The van der Waals surface area contributed by atoms with Gasteiger partial charge in [0.2, 0.25) is 8.96 Å². The molecule has 9 heteroatoms. The maximum absolute atomic E-state index is 10.9. The standard InChI is InChI=1S/C4HClNOS6/c5-4(7)13-11-9-2-1-8-6-3(2)10-12-13/h1H/q+1. The zero-order valence-corrected chi connectivity index (χ0v) is 11.4. The average Bonchev–Trinajstić information content (AvgIpc) is 2.44. The molecular formula is C4HClNOS6+. The van der Waals surface area contributed by atoms with Gasteiger partial charge >= 0.3 is 4.57 Å². The Bertz CT molecular complexity index is 306. The van der Waals surface area contributed by atoms with Crippen molar-refractivity contribution in [2.75, 3.05) is 0 Å². The fourth-order valence-electron chi connectivity index (χ4n) is 0.525. The Balaban J connectivity index is 2.12. The number of nitrogens with zero attached hydrogens (tertiary/aromatic N) is 1. The molecule has 1 aliphatic rings. The van der Waals surface area contributed by atoms with Crippen molar-refractivity contribution in [1.29, 1.82) is 0 Å². The lowest BCUT2D eigenvalue weighted by molar-refractivity contribution is 0.276. The second-order valence-electron chi connectivity index (χ2n) is 1.76. The second-order valence-corrected chi connectivity index (χ2v) is 12.1. The van der Waals surface area contributed by atoms with Crippen LogP contribution in [-0.2, 0) is 8.96 Å². The molecule has 0 aliphatic carbocycles. The number of halogens is 1. The maximum atomic E-state index is 10.9. The zero-order valence-electron chi connectivity index (χ0n) is 5.76. The first-order valence-electron chi connectivity index (χ1n) is 2.85. The Morgan fingerprint density at radius 1 is 1.46 bits per heavy atom. The molecule has 0 saturated heterocycles. The van der Waals surface area contributed by atoms with E-state index in [2.05, 4.69) is 4.37 Å². The molecule has 70 valence electrons. The molecule has 0 bridgehead atoms. The Hall–Kier alpha value is 1.34. The molecule has 0 fully saturated rings. The fraction of sp³-hybridized carbons (Fsp3) is 0. The van der Waals surface area contributed by atoms with E-state index in [1.54, 1.807) is 10.8 Å². The van der Waals surface area contributed by atoms with Gasteiger partial charge in [0.1, 0.15) is 5.03 Å². The molecule has 13 heavy (non-hydrogen) atoms. The van der Waals surface area contributed by atoms with E-state index >= 15 is 0 Å². The van der Waals surface area contributed by atoms with E-state index in [-0.39, 0.29) is 4.57 Å². The van der Waals surface area contributed by atoms with Crippen LogP contribution in [0.25, 0.3) is 0 Å². The van der Waals surface area contributed by atoms with Gasteiger partial charge in [0.15, 0.2) is 19.7 Å². The summed E-state index contributed by atoms with van der Waals surface area (Å²) in [6.07, 6.45) is 0. The summed E-state index contributed by atoms with van der Waals surface area (Å²) >= 11 is 6.87. The third-order valence-corrected chi connectivity index (χ3v) is 14.2. The quantitative estimate of drug-likeness (QED) is 0.400. The summed E-state index contributed by atoms with van der Waals surface area (Å²) in [7, 11) is 5.65. The van der Waals surface area contributed by atoms with Gasteiger partial charge in [0.05, 0.1) is 4.90 Å². The zero-order chi connectivity index (χ0) is 9.26. The molecule has 2 rings (SSSR count). The van der Waals surface area contributed by atoms with Crippen molar-refractivity contribution in [3.63, 3.8) is 0 Å². The van der Waals surface area contributed by atoms with E-state index in [0.717, 1.165) is 9.92 Å². The van der Waals surface area contributed by atoms with Crippen LogP contribution >= 0.6 is 64.4 Å². The minimum atomic E-state index is -0.468. The predicted molar refractivity (Wildman–Crippen MR) is 67.6 cm³/mol. The van der Waals surface area contributed by atoms with E-state index in [0.29, 0.717) is 0 Å². The predicted octanol–water partition coefficient (Wildman–Crippen LogP) is 4.44. The monoisotopic (exact) mass is 306 g/mol. The van der Waals surface area contributed by atoms with Crippen molar-refractivity contribution < 1.29 is 4.79 Å². The molecule has 1 atom stereocenters. The van der Waals surface area contributed by atoms with Crippen LogP contribution in [0.15, 0.2) is 15.3 Å². The van der Waals surface area contributed by atoms with Crippen LogP contribution < -0.4 is 0 Å². The number of carbonyl (C=O) groups is 1. The van der Waals surface area contributed by atoms with Crippen LogP contribution in [0.1, 0.15) is 0 Å². The van der Waals surface area contributed by atoms with Gasteiger partial charge in [0, 0.05) is 38.6 Å². The second kappa shape index (κ2) is 4.91. The van der Waals surface area contributed by atoms with Gasteiger partial charge in [-0.2, -0.15) is 4.37 Å². The molecule has 1 aliphatic heterocycles. The Morgan fingerprint density at radius 3 is 3.00 bits per heavy atom. The van der Waals surface area contributed by atoms with Crippen LogP contribution in [0.2, 0.25) is 0 Å². The van der Waals surface area contributed by atoms with Crippen LogP contribution in [0.3, 0.4) is 0 Å². The van der Waals surface area contributed by atoms with Crippen molar-refractivity contribution in [1.82, 2.24) is 4.37 Å². The van der Waals surface area contributed by atoms with Gasteiger partial charge in [-0.1, -0.05) is 0 Å². The Kier molecular flexibility index (Phi) is 4.10. The lowest BCUT2D eigenvalue weighted by Gasteiger charge is -1.88. The topological polar surface area (TPSA) is 30.0 Å². The van der Waals surface area contributed by atoms with Crippen LogP contribution in [0.4, 0.5) is 4.79 Å². The number of aromatic nitrogens is 1. The Morgan fingerprint density at radius 2 is 2.23 bits per heavy atom. The molecule has 2 nitrogen and oxygen atoms in total. The van der Waals surface area contributed by atoms with E-state index in [1.807, 2.05) is 5.38 Å². The molecule has 0 aromatic carbocycles. The van der Waals surface area contributed by atoms with Crippen molar-refractivity contribution in [2.24, 2.45) is 0 Å². The van der Waals surface area contributed by atoms with Crippen molar-refractivity contribution in [2.45, 2.75) is 9.92 Å². The van der Waals surface area contributed by atoms with E-state index in [4.69, 9.17) is 11.6 Å². The maximum Gasteiger partial charge on any atom is 0.453 e. The molecular weight excluding hydrogens is 306 g/mol. The third kappa shape index (κ3) is 2.67. The van der Waals surface area contributed by atoms with E-state index < -0.39 is 8.96 Å². The van der Waals surface area contributed by atoms with Gasteiger partial charge in [-0.3, -0.25) is 0 Å². The van der Waals surface area contributed by atoms with Crippen molar-refractivity contribution in [3.8, 4) is 0 Å². The summed E-state index contributed by atoms with van der Waals surface area (Å²) in [6, 6.07) is 0. The minimum absolute atomic E-state index is 0.274. The molecule has 0 radical (unpaired) electrons. The number of carbonyl (C=O) groups excluding carboxylic acids is 1. The number of fused-ring (bicyclic) bond motifs is 1. The molecule has 2 heterocycles. The van der Waals surface area contributed by atoms with Crippen LogP contribution in [0, 0.1) is 0 Å². The molecule has 0 N–H and O–H groups in total. The highest BCUT2D eigenvalue weighted by Crippen LogP contribution is 2.56. The molecule has 1 aromatic heterocycles. The average molecular weight is 307 g/mol. The SMILES string of the molecule is O=C(Cl)[S+]1SSc2csnc2SS1. The summed E-state index contributed by atoms with van der Waals surface area (Å²) in [5.74, 6) is 0. The number of rotatable bonds is 0. The van der Waals surface area contributed by atoms with Gasteiger partial charge in [0.25, 0.3) is 0 Å². The summed E-state index contributed by atoms with van der Waals surface area (Å²) in [6.45, 7) is 0. The van der Waals surface area contributed by atoms with Gasteiger partial charge in [-0.05, 0) is 11.5 Å². The first kappa shape index (κ1) is 10.8. The number of hydrogen-bond acceptors (Lipinski definition) is 7. The summed E-state index contributed by atoms with van der Waals surface area (Å²) in [4.78, 5) is 12.1. The minimum Gasteiger partial charge on any atom is -0.216 e. The molecule has 0 spiro atoms. The highest BCUT2D eigenvalue weighted by molar-refractivity contribution is 9.36. The third-order valence-electron chi connectivity index (χ3n) is 0.998. The summed E-state index contributed by atoms with van der Waals surface area (Å²) < 4.78 is 3.94. The molecule has 1 aromatic rings. The summed E-state index contributed by atoms with van der Waals surface area (Å²) in [5, 5.41) is 2.99. The van der Waals surface area contributed by atoms with Gasteiger partial charge < -0.3 is 0 Å². The summed E-state index contributed by atoms with van der Waals surface area (Å²) in [5.41, 5.74) is 0. The normalized spacial score (nSPS) is 22.1. The lowest BCUT2D eigenvalue weighted by Crippen LogP contribution is -1.91. The van der Waals surface area contributed by atoms with Crippen LogP contribution in [-0.4, -0.2) is 8.95 Å². The van der Waals surface area contributed by atoms with Crippen molar-refractivity contribution in [3.05, 3.63) is 5.38 Å². The molecule has 0 amide bonds. The first-order valence-corrected chi connectivity index (χ1v) is 10.6. The van der Waals surface area contributed by atoms with Crippen LogP contribution in [0.5, 0.6) is 0 Å². The highest BCUT2D eigenvalue weighted by Gasteiger charge is 2.37. The van der Waals surface area contributed by atoms with E-state index in [1.165, 1.54) is 42.0 Å². The number of hydrogen-bond donors (Lipinski definition) is 0. The smallest absolute Gasteiger partial charge is 0.216 e. The van der Waals surface area contributed by atoms with Gasteiger partial charge in [-0.15, -0.1) is 0 Å².